The van der Waals surface area contributed by atoms with Gasteiger partial charge >= 0.3 is 0 Å². The minimum atomic E-state index is -4.25. The van der Waals surface area contributed by atoms with Crippen LogP contribution in [0.25, 0.3) is 0 Å². The van der Waals surface area contributed by atoms with E-state index in [0.717, 1.165) is 35.5 Å². The van der Waals surface area contributed by atoms with Crippen molar-refractivity contribution < 1.29 is 17.7 Å². The van der Waals surface area contributed by atoms with E-state index in [1.165, 1.54) is 38.5 Å². The fourth-order valence-electron chi connectivity index (χ4n) is 2.92. The second-order valence-electron chi connectivity index (χ2n) is 6.36. The molecule has 0 unspecified atom stereocenters. The van der Waals surface area contributed by atoms with Crippen molar-refractivity contribution >= 4 is 21.9 Å². The highest BCUT2D eigenvalue weighted by Crippen LogP contribution is 2.36. The van der Waals surface area contributed by atoms with Gasteiger partial charge in [-0.2, -0.15) is 20.2 Å². The molecule has 1 N–H and O–H groups in total. The van der Waals surface area contributed by atoms with Gasteiger partial charge in [0.2, 0.25) is 0 Å². The Morgan fingerprint density at radius 3 is 2.21 bits per heavy atom. The molecule has 0 saturated heterocycles. The molecule has 0 aliphatic carbocycles. The van der Waals surface area contributed by atoms with Crippen molar-refractivity contribution in [1.82, 2.24) is 0 Å². The van der Waals surface area contributed by atoms with Gasteiger partial charge in [0.1, 0.15) is 10.6 Å². The maximum atomic E-state index is 11.6. The highest BCUT2D eigenvalue weighted by Gasteiger charge is 2.22. The van der Waals surface area contributed by atoms with Gasteiger partial charge < -0.3 is 4.74 Å². The highest BCUT2D eigenvalue weighted by molar-refractivity contribution is 7.98. The third-order valence-corrected chi connectivity index (χ3v) is 6.22. The molecule has 1 aliphatic rings. The molecule has 0 saturated carbocycles. The fraction of sp³-hybridized carbons (Fsp3) is 0.667. The second-order valence-corrected chi connectivity index (χ2v) is 8.73. The summed E-state index contributed by atoms with van der Waals surface area (Å²) in [4.78, 5) is -0.0942. The molecule has 0 aromatic heterocycles. The molecule has 136 valence electrons. The SMILES string of the molecule is CCCCCCCCCCOc1cc2c(cc1S(=O)(=O)O)CSC2. The van der Waals surface area contributed by atoms with Crippen LogP contribution in [-0.2, 0) is 21.6 Å². The van der Waals surface area contributed by atoms with Gasteiger partial charge in [0, 0.05) is 11.5 Å². The van der Waals surface area contributed by atoms with Gasteiger partial charge in [0.25, 0.3) is 10.1 Å². The lowest BCUT2D eigenvalue weighted by molar-refractivity contribution is 0.295. The van der Waals surface area contributed by atoms with Crippen molar-refractivity contribution in [1.29, 1.82) is 0 Å². The number of fused-ring (bicyclic) bond motifs is 1. The molecule has 0 amide bonds. The summed E-state index contributed by atoms with van der Waals surface area (Å²) in [7, 11) is -4.25. The van der Waals surface area contributed by atoms with Gasteiger partial charge in [-0.3, -0.25) is 4.55 Å². The van der Waals surface area contributed by atoms with Crippen molar-refractivity contribution in [3.05, 3.63) is 23.3 Å². The van der Waals surface area contributed by atoms with Gasteiger partial charge in [0.05, 0.1) is 6.61 Å². The zero-order chi connectivity index (χ0) is 17.4. The van der Waals surface area contributed by atoms with Crippen LogP contribution < -0.4 is 4.74 Å². The monoisotopic (exact) mass is 372 g/mol. The summed E-state index contributed by atoms with van der Waals surface area (Å²) in [6.07, 6.45) is 9.65. The Labute approximate surface area is 150 Å². The molecule has 4 nitrogen and oxygen atoms in total. The molecule has 2 rings (SSSR count). The molecule has 0 fully saturated rings. The van der Waals surface area contributed by atoms with Crippen molar-refractivity contribution in [3.63, 3.8) is 0 Å². The van der Waals surface area contributed by atoms with Crippen molar-refractivity contribution in [2.24, 2.45) is 0 Å². The first kappa shape index (κ1) is 19.6. The van der Waals surface area contributed by atoms with E-state index in [2.05, 4.69) is 6.92 Å². The number of ether oxygens (including phenoxy) is 1. The van der Waals surface area contributed by atoms with Crippen LogP contribution in [0.4, 0.5) is 0 Å². The molecule has 1 aliphatic heterocycles. The van der Waals surface area contributed by atoms with E-state index in [1.54, 1.807) is 23.9 Å². The first-order chi connectivity index (χ1) is 11.5. The van der Waals surface area contributed by atoms with Crippen LogP contribution in [0.2, 0.25) is 0 Å². The fourth-order valence-corrected chi connectivity index (χ4v) is 4.66. The maximum absolute atomic E-state index is 11.6. The number of benzene rings is 1. The Kier molecular flexibility index (Phi) is 7.91. The summed E-state index contributed by atoms with van der Waals surface area (Å²) in [6.45, 7) is 2.71. The van der Waals surface area contributed by atoms with Crippen molar-refractivity contribution in [2.75, 3.05) is 6.61 Å². The number of hydrogen-bond donors (Lipinski definition) is 1. The van der Waals surface area contributed by atoms with E-state index in [0.29, 0.717) is 12.4 Å². The number of hydrogen-bond acceptors (Lipinski definition) is 4. The zero-order valence-electron chi connectivity index (χ0n) is 14.4. The minimum Gasteiger partial charge on any atom is -0.492 e. The first-order valence-electron chi connectivity index (χ1n) is 8.86. The maximum Gasteiger partial charge on any atom is 0.298 e. The first-order valence-corrected chi connectivity index (χ1v) is 11.5. The average molecular weight is 373 g/mol. The number of thioether (sulfide) groups is 1. The molecule has 1 aromatic carbocycles. The van der Waals surface area contributed by atoms with Crippen LogP contribution in [0.1, 0.15) is 69.4 Å². The van der Waals surface area contributed by atoms with E-state index in [-0.39, 0.29) is 4.90 Å². The number of unbranched alkanes of at least 4 members (excludes halogenated alkanes) is 7. The minimum absolute atomic E-state index is 0.0942. The Balaban J connectivity index is 1.80. The smallest absolute Gasteiger partial charge is 0.298 e. The van der Waals surface area contributed by atoms with Crippen LogP contribution in [0.5, 0.6) is 5.75 Å². The van der Waals surface area contributed by atoms with Crippen molar-refractivity contribution in [2.45, 2.75) is 74.7 Å². The zero-order valence-corrected chi connectivity index (χ0v) is 16.1. The summed E-state index contributed by atoms with van der Waals surface area (Å²) < 4.78 is 38.3. The van der Waals surface area contributed by atoms with E-state index in [9.17, 15) is 13.0 Å². The van der Waals surface area contributed by atoms with Crippen LogP contribution in [0.3, 0.4) is 0 Å². The van der Waals surface area contributed by atoms with Crippen LogP contribution >= 0.6 is 11.8 Å². The number of rotatable bonds is 11. The van der Waals surface area contributed by atoms with E-state index >= 15 is 0 Å². The van der Waals surface area contributed by atoms with Gasteiger partial charge in [0.15, 0.2) is 0 Å². The van der Waals surface area contributed by atoms with Crippen LogP contribution in [-0.4, -0.2) is 19.6 Å². The standard InChI is InChI=1S/C18H28O4S2/c1-2-3-4-5-6-7-8-9-10-22-17-11-15-13-23-14-16(15)12-18(17)24(19,20)21/h11-12H,2-10,13-14H2,1H3,(H,19,20,21). The molecule has 1 heterocycles. The normalized spacial score (nSPS) is 13.9. The Morgan fingerprint density at radius 1 is 1.00 bits per heavy atom. The predicted molar refractivity (Wildman–Crippen MR) is 99.4 cm³/mol. The Hall–Kier alpha value is -0.720. The molecular weight excluding hydrogens is 344 g/mol. The summed E-state index contributed by atoms with van der Waals surface area (Å²) in [5, 5.41) is 0. The van der Waals surface area contributed by atoms with Crippen LogP contribution in [0.15, 0.2) is 17.0 Å². The van der Waals surface area contributed by atoms with Gasteiger partial charge in [-0.05, 0) is 29.7 Å². The topological polar surface area (TPSA) is 63.6 Å². The summed E-state index contributed by atoms with van der Waals surface area (Å²) in [5.41, 5.74) is 2.09. The van der Waals surface area contributed by atoms with Crippen LogP contribution in [0, 0.1) is 0 Å². The van der Waals surface area contributed by atoms with Gasteiger partial charge in [-0.15, -0.1) is 0 Å². The molecule has 0 spiro atoms. The molecule has 0 bridgehead atoms. The predicted octanol–water partition coefficient (Wildman–Crippen LogP) is 5.20. The molecule has 24 heavy (non-hydrogen) atoms. The summed E-state index contributed by atoms with van der Waals surface area (Å²) in [6, 6.07) is 3.34. The van der Waals surface area contributed by atoms with Crippen molar-refractivity contribution in [3.8, 4) is 5.75 Å². The quantitative estimate of drug-likeness (QED) is 0.427. The van der Waals surface area contributed by atoms with Gasteiger partial charge in [-0.1, -0.05) is 51.9 Å². The lowest BCUT2D eigenvalue weighted by Crippen LogP contribution is -2.06. The summed E-state index contributed by atoms with van der Waals surface area (Å²) >= 11 is 1.74. The molecule has 0 radical (unpaired) electrons. The van der Waals surface area contributed by atoms with E-state index in [4.69, 9.17) is 4.74 Å². The highest BCUT2D eigenvalue weighted by atomic mass is 32.2. The lowest BCUT2D eigenvalue weighted by Gasteiger charge is -2.12. The molecular formula is C18H28O4S2. The average Bonchev–Trinajstić information content (AvgIpc) is 2.99. The lowest BCUT2D eigenvalue weighted by atomic mass is 10.1. The van der Waals surface area contributed by atoms with E-state index in [1.807, 2.05) is 0 Å². The van der Waals surface area contributed by atoms with E-state index < -0.39 is 10.1 Å². The molecule has 6 heteroatoms. The third-order valence-electron chi connectivity index (χ3n) is 4.31. The second kappa shape index (κ2) is 9.68. The largest absolute Gasteiger partial charge is 0.492 e. The Bertz CT molecular complexity index is 626. The van der Waals surface area contributed by atoms with Gasteiger partial charge in [-0.25, -0.2) is 0 Å². The third kappa shape index (κ3) is 5.97. The molecule has 0 atom stereocenters. The Morgan fingerprint density at radius 2 is 1.58 bits per heavy atom. The summed E-state index contributed by atoms with van der Waals surface area (Å²) in [5.74, 6) is 1.95. The molecule has 1 aromatic rings.